The highest BCUT2D eigenvalue weighted by molar-refractivity contribution is 5.10. The van der Waals surface area contributed by atoms with E-state index in [2.05, 4.69) is 23.0 Å². The third-order valence-electron chi connectivity index (χ3n) is 3.71. The van der Waals surface area contributed by atoms with Gasteiger partial charge in [0.15, 0.2) is 0 Å². The number of nitrogens with zero attached hydrogens (tertiary/aromatic N) is 3. The zero-order chi connectivity index (χ0) is 12.3. The zero-order valence-electron chi connectivity index (χ0n) is 11.0. The number of piperidine rings is 1. The lowest BCUT2D eigenvalue weighted by Crippen LogP contribution is -2.38. The molecule has 1 aromatic heterocycles. The smallest absolute Gasteiger partial charge is 0.0625 e. The summed E-state index contributed by atoms with van der Waals surface area (Å²) in [7, 11) is 2.04. The molecule has 4 nitrogen and oxygen atoms in total. The first kappa shape index (κ1) is 12.6. The van der Waals surface area contributed by atoms with Crippen molar-refractivity contribution in [2.75, 3.05) is 19.6 Å². The Balaban J connectivity index is 1.97. The maximum Gasteiger partial charge on any atom is 0.0625 e. The van der Waals surface area contributed by atoms with E-state index in [1.165, 1.54) is 30.8 Å². The van der Waals surface area contributed by atoms with Crippen molar-refractivity contribution in [3.63, 3.8) is 0 Å². The highest BCUT2D eigenvalue weighted by Crippen LogP contribution is 2.17. The molecule has 96 valence electrons. The summed E-state index contributed by atoms with van der Waals surface area (Å²) >= 11 is 0. The predicted molar refractivity (Wildman–Crippen MR) is 69.6 cm³/mol. The molecule has 0 aliphatic carbocycles. The van der Waals surface area contributed by atoms with Crippen molar-refractivity contribution in [3.8, 4) is 0 Å². The monoisotopic (exact) mass is 236 g/mol. The summed E-state index contributed by atoms with van der Waals surface area (Å²) in [6.45, 7) is 6.33. The fourth-order valence-corrected chi connectivity index (χ4v) is 2.61. The largest absolute Gasteiger partial charge is 0.330 e. The molecule has 0 spiro atoms. The molecule has 0 saturated carbocycles. The molecule has 17 heavy (non-hydrogen) atoms. The minimum atomic E-state index is 0.683. The Morgan fingerprint density at radius 2 is 2.35 bits per heavy atom. The van der Waals surface area contributed by atoms with Gasteiger partial charge in [0.05, 0.1) is 11.4 Å². The van der Waals surface area contributed by atoms with Crippen molar-refractivity contribution in [1.82, 2.24) is 14.7 Å². The second kappa shape index (κ2) is 5.65. The molecule has 1 unspecified atom stereocenters. The molecule has 1 fully saturated rings. The standard InChI is InChI=1S/C13H24N4/c1-3-12-7-13(16(2)15-12)10-17-6-4-5-11(8-14)9-17/h7,11H,3-6,8-10,14H2,1-2H3. The van der Waals surface area contributed by atoms with Crippen molar-refractivity contribution < 1.29 is 0 Å². The molecule has 1 atom stereocenters. The average Bonchev–Trinajstić information content (AvgIpc) is 2.70. The molecule has 0 aromatic carbocycles. The molecular formula is C13H24N4. The Labute approximate surface area is 104 Å². The molecule has 0 bridgehead atoms. The molecule has 2 N–H and O–H groups in total. The lowest BCUT2D eigenvalue weighted by Gasteiger charge is -2.31. The van der Waals surface area contributed by atoms with Crippen molar-refractivity contribution in [3.05, 3.63) is 17.5 Å². The van der Waals surface area contributed by atoms with Gasteiger partial charge in [-0.25, -0.2) is 0 Å². The number of aryl methyl sites for hydroxylation is 2. The first-order valence-corrected chi connectivity index (χ1v) is 6.67. The van der Waals surface area contributed by atoms with Crippen LogP contribution in [-0.2, 0) is 20.0 Å². The van der Waals surface area contributed by atoms with E-state index in [1.54, 1.807) is 0 Å². The van der Waals surface area contributed by atoms with Gasteiger partial charge in [0.2, 0.25) is 0 Å². The molecule has 1 aliphatic rings. The van der Waals surface area contributed by atoms with Crippen LogP contribution in [0.15, 0.2) is 6.07 Å². The topological polar surface area (TPSA) is 47.1 Å². The normalized spacial score (nSPS) is 21.9. The average molecular weight is 236 g/mol. The number of likely N-dealkylation sites (tertiary alicyclic amines) is 1. The van der Waals surface area contributed by atoms with Crippen LogP contribution in [0.4, 0.5) is 0 Å². The molecule has 0 radical (unpaired) electrons. The number of hydrogen-bond donors (Lipinski definition) is 1. The van der Waals surface area contributed by atoms with Crippen molar-refractivity contribution in [2.24, 2.45) is 18.7 Å². The summed E-state index contributed by atoms with van der Waals surface area (Å²) in [5.74, 6) is 0.683. The summed E-state index contributed by atoms with van der Waals surface area (Å²) < 4.78 is 2.02. The molecule has 2 rings (SSSR count). The third-order valence-corrected chi connectivity index (χ3v) is 3.71. The van der Waals surface area contributed by atoms with Crippen LogP contribution in [-0.4, -0.2) is 34.3 Å². The van der Waals surface area contributed by atoms with Gasteiger partial charge in [-0.1, -0.05) is 6.92 Å². The minimum Gasteiger partial charge on any atom is -0.330 e. The van der Waals surface area contributed by atoms with Gasteiger partial charge in [0.1, 0.15) is 0 Å². The maximum atomic E-state index is 5.77. The van der Waals surface area contributed by atoms with Crippen LogP contribution in [0.3, 0.4) is 0 Å². The Morgan fingerprint density at radius 1 is 1.53 bits per heavy atom. The van der Waals surface area contributed by atoms with Gasteiger partial charge in [-0.3, -0.25) is 9.58 Å². The molecule has 1 saturated heterocycles. The Hall–Kier alpha value is -0.870. The molecular weight excluding hydrogens is 212 g/mol. The van der Waals surface area contributed by atoms with Crippen molar-refractivity contribution >= 4 is 0 Å². The van der Waals surface area contributed by atoms with Crippen LogP contribution in [0.2, 0.25) is 0 Å². The summed E-state index contributed by atoms with van der Waals surface area (Å²) in [5, 5.41) is 4.50. The van der Waals surface area contributed by atoms with Gasteiger partial charge in [-0.15, -0.1) is 0 Å². The van der Waals surface area contributed by atoms with Crippen molar-refractivity contribution in [1.29, 1.82) is 0 Å². The molecule has 2 heterocycles. The van der Waals surface area contributed by atoms with E-state index in [1.807, 2.05) is 11.7 Å². The third kappa shape index (κ3) is 3.07. The molecule has 1 aliphatic heterocycles. The van der Waals surface area contributed by atoms with Gasteiger partial charge < -0.3 is 5.73 Å². The second-order valence-electron chi connectivity index (χ2n) is 5.08. The van der Waals surface area contributed by atoms with Gasteiger partial charge >= 0.3 is 0 Å². The van der Waals surface area contributed by atoms with Gasteiger partial charge in [0, 0.05) is 20.1 Å². The Kier molecular flexibility index (Phi) is 4.18. The lowest BCUT2D eigenvalue weighted by molar-refractivity contribution is 0.167. The number of rotatable bonds is 4. The number of aromatic nitrogens is 2. The number of nitrogens with two attached hydrogens (primary N) is 1. The van der Waals surface area contributed by atoms with E-state index in [0.717, 1.165) is 26.1 Å². The molecule has 1 aromatic rings. The lowest BCUT2D eigenvalue weighted by atomic mass is 9.98. The predicted octanol–water partition coefficient (Wildman–Crippen LogP) is 1.15. The second-order valence-corrected chi connectivity index (χ2v) is 5.08. The van der Waals surface area contributed by atoms with Crippen LogP contribution < -0.4 is 5.73 Å². The first-order chi connectivity index (χ1) is 8.22. The Bertz CT molecular complexity index is 358. The molecule has 0 amide bonds. The highest BCUT2D eigenvalue weighted by Gasteiger charge is 2.19. The van der Waals surface area contributed by atoms with Crippen LogP contribution in [0.1, 0.15) is 31.2 Å². The summed E-state index contributed by atoms with van der Waals surface area (Å²) in [4.78, 5) is 2.51. The van der Waals surface area contributed by atoms with Gasteiger partial charge in [-0.05, 0) is 44.3 Å². The van der Waals surface area contributed by atoms with E-state index >= 15 is 0 Å². The summed E-state index contributed by atoms with van der Waals surface area (Å²) in [6, 6.07) is 2.23. The van der Waals surface area contributed by atoms with E-state index < -0.39 is 0 Å². The maximum absolute atomic E-state index is 5.77. The highest BCUT2D eigenvalue weighted by atomic mass is 15.3. The van der Waals surface area contributed by atoms with Crippen LogP contribution in [0.25, 0.3) is 0 Å². The van der Waals surface area contributed by atoms with Crippen molar-refractivity contribution in [2.45, 2.75) is 32.7 Å². The number of hydrogen-bond acceptors (Lipinski definition) is 3. The van der Waals surface area contributed by atoms with Crippen LogP contribution in [0.5, 0.6) is 0 Å². The van der Waals surface area contributed by atoms with E-state index in [-0.39, 0.29) is 0 Å². The van der Waals surface area contributed by atoms with E-state index in [9.17, 15) is 0 Å². The van der Waals surface area contributed by atoms with Crippen LogP contribution >= 0.6 is 0 Å². The fourth-order valence-electron chi connectivity index (χ4n) is 2.61. The van der Waals surface area contributed by atoms with Gasteiger partial charge in [-0.2, -0.15) is 5.10 Å². The first-order valence-electron chi connectivity index (χ1n) is 6.67. The quantitative estimate of drug-likeness (QED) is 0.853. The summed E-state index contributed by atoms with van der Waals surface area (Å²) in [6.07, 6.45) is 3.58. The van der Waals surface area contributed by atoms with E-state index in [0.29, 0.717) is 5.92 Å². The van der Waals surface area contributed by atoms with Gasteiger partial charge in [0.25, 0.3) is 0 Å². The Morgan fingerprint density at radius 3 is 3.00 bits per heavy atom. The van der Waals surface area contributed by atoms with Crippen LogP contribution in [0, 0.1) is 5.92 Å². The fraction of sp³-hybridized carbons (Fsp3) is 0.769. The zero-order valence-corrected chi connectivity index (χ0v) is 11.0. The SMILES string of the molecule is CCc1cc(CN2CCCC(CN)C2)n(C)n1. The van der Waals surface area contributed by atoms with E-state index in [4.69, 9.17) is 5.73 Å². The summed E-state index contributed by atoms with van der Waals surface area (Å²) in [5.41, 5.74) is 8.28. The minimum absolute atomic E-state index is 0.683. The molecule has 4 heteroatoms.